The van der Waals surface area contributed by atoms with Crippen molar-refractivity contribution in [1.82, 2.24) is 5.32 Å². The molecule has 0 aromatic heterocycles. The fourth-order valence-electron chi connectivity index (χ4n) is 1.73. The first-order valence-corrected chi connectivity index (χ1v) is 6.87. The number of rotatable bonds is 5. The van der Waals surface area contributed by atoms with Crippen LogP contribution in [0.1, 0.15) is 12.5 Å². The van der Waals surface area contributed by atoms with Gasteiger partial charge in [0.05, 0.1) is 0 Å². The number of amides is 1. The number of halogens is 2. The first kappa shape index (κ1) is 15.3. The average Bonchev–Trinajstić information content (AvgIpc) is 2.46. The summed E-state index contributed by atoms with van der Waals surface area (Å²) in [6, 6.07) is 12.8. The number of carbonyl (C=O) groups is 1. The molecule has 0 heterocycles. The third-order valence-electron chi connectivity index (χ3n) is 2.86. The number of nitrogens with one attached hydrogen (secondary N) is 1. The number of hydrogen-bond acceptors (Lipinski definition) is 2. The summed E-state index contributed by atoms with van der Waals surface area (Å²) in [5.74, 6) is -0.0195. The molecule has 0 bridgehead atoms. The molecule has 1 atom stereocenters. The van der Waals surface area contributed by atoms with Gasteiger partial charge in [0.15, 0.2) is 6.10 Å². The van der Waals surface area contributed by atoms with Crippen LogP contribution in [0.2, 0.25) is 5.02 Å². The summed E-state index contributed by atoms with van der Waals surface area (Å²) < 4.78 is 18.3. The van der Waals surface area contributed by atoms with Crippen LogP contribution in [0, 0.1) is 5.82 Å². The molecule has 2 aromatic carbocycles. The molecule has 0 aliphatic rings. The molecule has 0 aliphatic heterocycles. The summed E-state index contributed by atoms with van der Waals surface area (Å²) in [7, 11) is 0. The summed E-state index contributed by atoms with van der Waals surface area (Å²) in [6.45, 7) is 1.98. The van der Waals surface area contributed by atoms with E-state index in [1.807, 2.05) is 0 Å². The van der Waals surface area contributed by atoms with Crippen LogP contribution in [-0.4, -0.2) is 12.0 Å². The van der Waals surface area contributed by atoms with E-state index in [-0.39, 0.29) is 11.7 Å². The van der Waals surface area contributed by atoms with Gasteiger partial charge in [-0.05, 0) is 42.8 Å². The maximum Gasteiger partial charge on any atom is 0.261 e. The lowest BCUT2D eigenvalue weighted by atomic mass is 10.2. The second-order valence-electron chi connectivity index (χ2n) is 4.56. The predicted octanol–water partition coefficient (Wildman–Crippen LogP) is 3.56. The maximum atomic E-state index is 12.8. The highest BCUT2D eigenvalue weighted by Crippen LogP contribution is 2.18. The van der Waals surface area contributed by atoms with Gasteiger partial charge in [-0.2, -0.15) is 0 Å². The van der Waals surface area contributed by atoms with E-state index in [4.69, 9.17) is 16.3 Å². The Morgan fingerprint density at radius 3 is 2.67 bits per heavy atom. The quantitative estimate of drug-likeness (QED) is 0.917. The molecule has 1 amide bonds. The number of benzene rings is 2. The van der Waals surface area contributed by atoms with E-state index >= 15 is 0 Å². The molecule has 0 saturated carbocycles. The monoisotopic (exact) mass is 307 g/mol. The molecule has 0 saturated heterocycles. The minimum atomic E-state index is -0.649. The van der Waals surface area contributed by atoms with Gasteiger partial charge in [0.1, 0.15) is 11.6 Å². The van der Waals surface area contributed by atoms with E-state index in [0.29, 0.717) is 17.3 Å². The van der Waals surface area contributed by atoms with Crippen molar-refractivity contribution in [2.75, 3.05) is 0 Å². The van der Waals surface area contributed by atoms with Gasteiger partial charge < -0.3 is 10.1 Å². The molecule has 21 heavy (non-hydrogen) atoms. The van der Waals surface area contributed by atoms with Gasteiger partial charge in [0.25, 0.3) is 5.91 Å². The molecule has 0 fully saturated rings. The van der Waals surface area contributed by atoms with E-state index in [1.165, 1.54) is 12.1 Å². The Labute approximate surface area is 127 Å². The fraction of sp³-hybridized carbons (Fsp3) is 0.188. The van der Waals surface area contributed by atoms with Crippen LogP contribution in [0.25, 0.3) is 0 Å². The van der Waals surface area contributed by atoms with Crippen LogP contribution in [0.5, 0.6) is 5.75 Å². The number of carbonyl (C=O) groups excluding carboxylic acids is 1. The van der Waals surface area contributed by atoms with Gasteiger partial charge >= 0.3 is 0 Å². The van der Waals surface area contributed by atoms with Crippen molar-refractivity contribution in [3.05, 3.63) is 64.9 Å². The molecule has 5 heteroatoms. The van der Waals surface area contributed by atoms with Crippen molar-refractivity contribution in [1.29, 1.82) is 0 Å². The zero-order chi connectivity index (χ0) is 15.2. The molecular formula is C16H15ClFNO2. The zero-order valence-corrected chi connectivity index (χ0v) is 12.2. The highest BCUT2D eigenvalue weighted by molar-refractivity contribution is 6.30. The summed E-state index contributed by atoms with van der Waals surface area (Å²) >= 11 is 5.85. The Morgan fingerprint density at radius 1 is 1.29 bits per heavy atom. The third kappa shape index (κ3) is 4.76. The van der Waals surface area contributed by atoms with E-state index in [2.05, 4.69) is 5.32 Å². The molecule has 3 nitrogen and oxygen atoms in total. The Balaban J connectivity index is 1.86. The van der Waals surface area contributed by atoms with Gasteiger partial charge in [0, 0.05) is 11.6 Å². The molecule has 0 spiro atoms. The van der Waals surface area contributed by atoms with Gasteiger partial charge in [-0.25, -0.2) is 4.39 Å². The lowest BCUT2D eigenvalue weighted by Crippen LogP contribution is -2.35. The van der Waals surface area contributed by atoms with Crippen molar-refractivity contribution >= 4 is 17.5 Å². The van der Waals surface area contributed by atoms with E-state index in [0.717, 1.165) is 5.56 Å². The first-order valence-electron chi connectivity index (χ1n) is 6.49. The van der Waals surface area contributed by atoms with Crippen LogP contribution >= 0.6 is 11.6 Å². The summed E-state index contributed by atoms with van der Waals surface area (Å²) in [5.41, 5.74) is 0.819. The van der Waals surface area contributed by atoms with Crippen molar-refractivity contribution in [2.45, 2.75) is 19.6 Å². The maximum absolute atomic E-state index is 12.8. The molecule has 0 radical (unpaired) electrons. The Bertz CT molecular complexity index is 616. The predicted molar refractivity (Wildman–Crippen MR) is 79.8 cm³/mol. The van der Waals surface area contributed by atoms with E-state index < -0.39 is 6.10 Å². The topological polar surface area (TPSA) is 38.3 Å². The first-order chi connectivity index (χ1) is 10.0. The van der Waals surface area contributed by atoms with Crippen LogP contribution in [0.3, 0.4) is 0 Å². The summed E-state index contributed by atoms with van der Waals surface area (Å²) in [4.78, 5) is 11.9. The summed E-state index contributed by atoms with van der Waals surface area (Å²) in [6.07, 6.45) is -0.649. The summed E-state index contributed by atoms with van der Waals surface area (Å²) in [5, 5.41) is 3.28. The molecule has 1 N–H and O–H groups in total. The van der Waals surface area contributed by atoms with Gasteiger partial charge in [-0.3, -0.25) is 4.79 Å². The van der Waals surface area contributed by atoms with Gasteiger partial charge in [0.2, 0.25) is 0 Å². The van der Waals surface area contributed by atoms with Crippen LogP contribution in [-0.2, 0) is 11.3 Å². The largest absolute Gasteiger partial charge is 0.481 e. The van der Waals surface area contributed by atoms with Gasteiger partial charge in [-0.1, -0.05) is 29.8 Å². The van der Waals surface area contributed by atoms with E-state index in [9.17, 15) is 9.18 Å². The smallest absolute Gasteiger partial charge is 0.261 e. The standard InChI is InChI=1S/C16H15ClFNO2/c1-11(21-15-4-2-3-13(17)9-15)16(20)19-10-12-5-7-14(18)8-6-12/h2-9,11H,10H2,1H3,(H,19,20)/t11-/m0/s1. The lowest BCUT2D eigenvalue weighted by molar-refractivity contribution is -0.127. The SMILES string of the molecule is C[C@H](Oc1cccc(Cl)c1)C(=O)NCc1ccc(F)cc1. The zero-order valence-electron chi connectivity index (χ0n) is 11.5. The average molecular weight is 308 g/mol. The van der Waals surface area contributed by atoms with Crippen molar-refractivity contribution in [2.24, 2.45) is 0 Å². The molecule has 0 unspecified atom stereocenters. The second-order valence-corrected chi connectivity index (χ2v) is 5.00. The van der Waals surface area contributed by atoms with Crippen LogP contribution in [0.15, 0.2) is 48.5 Å². The lowest BCUT2D eigenvalue weighted by Gasteiger charge is -2.15. The van der Waals surface area contributed by atoms with Crippen molar-refractivity contribution in [3.8, 4) is 5.75 Å². The Hall–Kier alpha value is -2.07. The van der Waals surface area contributed by atoms with E-state index in [1.54, 1.807) is 43.3 Å². The highest BCUT2D eigenvalue weighted by Gasteiger charge is 2.14. The van der Waals surface area contributed by atoms with Crippen molar-refractivity contribution in [3.63, 3.8) is 0 Å². The van der Waals surface area contributed by atoms with Crippen LogP contribution in [0.4, 0.5) is 4.39 Å². The Kier molecular flexibility index (Phi) is 5.17. The number of ether oxygens (including phenoxy) is 1. The number of hydrogen-bond donors (Lipinski definition) is 1. The Morgan fingerprint density at radius 2 is 2.00 bits per heavy atom. The normalized spacial score (nSPS) is 11.8. The molecular weight excluding hydrogens is 293 g/mol. The highest BCUT2D eigenvalue weighted by atomic mass is 35.5. The molecule has 110 valence electrons. The molecule has 2 rings (SSSR count). The minimum Gasteiger partial charge on any atom is -0.481 e. The molecule has 0 aliphatic carbocycles. The second kappa shape index (κ2) is 7.09. The molecule has 2 aromatic rings. The van der Waals surface area contributed by atoms with Crippen LogP contribution < -0.4 is 10.1 Å². The minimum absolute atomic E-state index is 0.251. The fourth-order valence-corrected chi connectivity index (χ4v) is 1.91. The van der Waals surface area contributed by atoms with Crippen molar-refractivity contribution < 1.29 is 13.9 Å². The van der Waals surface area contributed by atoms with Gasteiger partial charge in [-0.15, -0.1) is 0 Å². The third-order valence-corrected chi connectivity index (χ3v) is 3.09.